The zero-order valence-corrected chi connectivity index (χ0v) is 15.1. The van der Waals surface area contributed by atoms with Gasteiger partial charge in [-0.2, -0.15) is 0 Å². The summed E-state index contributed by atoms with van der Waals surface area (Å²) < 4.78 is 7.49. The van der Waals surface area contributed by atoms with E-state index in [1.807, 2.05) is 18.2 Å². The van der Waals surface area contributed by atoms with E-state index < -0.39 is 0 Å². The summed E-state index contributed by atoms with van der Waals surface area (Å²) >= 11 is 7.47. The zero-order valence-electron chi connectivity index (χ0n) is 13.5. The van der Waals surface area contributed by atoms with E-state index in [4.69, 9.17) is 16.3 Å². The molecule has 0 amide bonds. The summed E-state index contributed by atoms with van der Waals surface area (Å²) in [5.41, 5.74) is 1.00. The summed E-state index contributed by atoms with van der Waals surface area (Å²) in [6.07, 6.45) is 3.69. The van der Waals surface area contributed by atoms with Crippen molar-refractivity contribution in [1.82, 2.24) is 4.31 Å². The van der Waals surface area contributed by atoms with E-state index in [0.717, 1.165) is 24.4 Å². The van der Waals surface area contributed by atoms with Crippen LogP contribution in [0.15, 0.2) is 65.1 Å². The van der Waals surface area contributed by atoms with Gasteiger partial charge in [-0.3, -0.25) is 0 Å². The molecular formula is C18H24ClNOS. The van der Waals surface area contributed by atoms with Crippen LogP contribution in [0.25, 0.3) is 0 Å². The van der Waals surface area contributed by atoms with Crippen molar-refractivity contribution in [1.29, 1.82) is 0 Å². The molecule has 0 saturated carbocycles. The van der Waals surface area contributed by atoms with Crippen LogP contribution >= 0.6 is 23.5 Å². The fraction of sp³-hybridized carbons (Fsp3) is 0.333. The molecule has 0 bridgehead atoms. The number of halogens is 1. The molecule has 0 saturated heterocycles. The Labute approximate surface area is 143 Å². The molecule has 0 atom stereocenters. The van der Waals surface area contributed by atoms with Gasteiger partial charge in [-0.15, -0.1) is 0 Å². The van der Waals surface area contributed by atoms with E-state index >= 15 is 0 Å². The average molecular weight is 338 g/mol. The van der Waals surface area contributed by atoms with Crippen LogP contribution < -0.4 is 4.74 Å². The van der Waals surface area contributed by atoms with Gasteiger partial charge in [-0.1, -0.05) is 44.7 Å². The molecule has 0 N–H and O–H groups in total. The number of hydrogen-bond acceptors (Lipinski definition) is 3. The number of ether oxygens (including phenoxy) is 1. The molecule has 2 nitrogen and oxygen atoms in total. The first kappa shape index (κ1) is 18.9. The second-order valence-corrected chi connectivity index (χ2v) is 7.08. The molecule has 1 aromatic rings. The maximum atomic E-state index is 5.75. The Hall–Kier alpha value is -1.16. The summed E-state index contributed by atoms with van der Waals surface area (Å²) in [5, 5.41) is 0.513. The first-order valence-electron chi connectivity index (χ1n) is 7.18. The summed E-state index contributed by atoms with van der Waals surface area (Å²) in [7, 11) is 1.67. The minimum absolute atomic E-state index is 0.513. The maximum absolute atomic E-state index is 5.75. The lowest BCUT2D eigenvalue weighted by atomic mass is 10.2. The van der Waals surface area contributed by atoms with E-state index in [1.165, 1.54) is 4.90 Å². The third kappa shape index (κ3) is 7.74. The molecule has 1 rings (SSSR count). The molecule has 0 aliphatic rings. The fourth-order valence-corrected chi connectivity index (χ4v) is 3.04. The molecule has 0 aliphatic carbocycles. The highest BCUT2D eigenvalue weighted by Gasteiger charge is 2.10. The minimum Gasteiger partial charge on any atom is -0.497 e. The van der Waals surface area contributed by atoms with Crippen molar-refractivity contribution in [2.75, 3.05) is 20.2 Å². The highest BCUT2D eigenvalue weighted by Crippen LogP contribution is 2.26. The first-order valence-corrected chi connectivity index (χ1v) is 8.33. The molecule has 0 unspecified atom stereocenters. The minimum atomic E-state index is 0.513. The monoisotopic (exact) mass is 337 g/mol. The van der Waals surface area contributed by atoms with Gasteiger partial charge in [0.1, 0.15) is 5.75 Å². The number of nitrogens with zero attached hydrogens (tertiary/aromatic N) is 1. The van der Waals surface area contributed by atoms with E-state index in [-0.39, 0.29) is 0 Å². The molecule has 0 radical (unpaired) electrons. The number of methoxy groups -OCH3 is 1. The second kappa shape index (κ2) is 9.78. The lowest BCUT2D eigenvalue weighted by Gasteiger charge is -2.23. The molecule has 4 heteroatoms. The SMILES string of the molecule is C=C(Cl)/C=C\C(=C)CN(CC(C)C)Sc1ccc(OC)cc1. The summed E-state index contributed by atoms with van der Waals surface area (Å²) in [4.78, 5) is 1.18. The molecule has 0 heterocycles. The Bertz CT molecular complexity index is 522. The third-order valence-electron chi connectivity index (χ3n) is 2.74. The maximum Gasteiger partial charge on any atom is 0.118 e. The van der Waals surface area contributed by atoms with E-state index in [0.29, 0.717) is 11.0 Å². The van der Waals surface area contributed by atoms with Crippen molar-refractivity contribution < 1.29 is 4.74 Å². The normalized spacial score (nSPS) is 11.4. The van der Waals surface area contributed by atoms with Gasteiger partial charge in [0.05, 0.1) is 7.11 Å². The van der Waals surface area contributed by atoms with Gasteiger partial charge in [0.15, 0.2) is 0 Å². The van der Waals surface area contributed by atoms with E-state index in [2.05, 4.69) is 43.4 Å². The zero-order chi connectivity index (χ0) is 16.5. The van der Waals surface area contributed by atoms with Crippen molar-refractivity contribution in [2.45, 2.75) is 18.7 Å². The Morgan fingerprint density at radius 1 is 1.27 bits per heavy atom. The van der Waals surface area contributed by atoms with Crippen LogP contribution in [0.4, 0.5) is 0 Å². The third-order valence-corrected chi connectivity index (χ3v) is 3.89. The van der Waals surface area contributed by atoms with Crippen LogP contribution in [0, 0.1) is 5.92 Å². The Morgan fingerprint density at radius 3 is 2.41 bits per heavy atom. The van der Waals surface area contributed by atoms with Crippen LogP contribution in [-0.4, -0.2) is 24.5 Å². The Balaban J connectivity index is 2.70. The summed E-state index contributed by atoms with van der Waals surface area (Å²) in [6.45, 7) is 13.9. The number of hydrogen-bond donors (Lipinski definition) is 0. The van der Waals surface area contributed by atoms with Crippen molar-refractivity contribution in [3.8, 4) is 5.75 Å². The number of allylic oxidation sites excluding steroid dienone is 2. The molecule has 0 spiro atoms. The van der Waals surface area contributed by atoms with Crippen LogP contribution in [0.1, 0.15) is 13.8 Å². The van der Waals surface area contributed by atoms with Gasteiger partial charge >= 0.3 is 0 Å². The van der Waals surface area contributed by atoms with Crippen molar-refractivity contribution in [3.05, 3.63) is 60.2 Å². The van der Waals surface area contributed by atoms with Gasteiger partial charge in [-0.05, 0) is 53.8 Å². The van der Waals surface area contributed by atoms with Gasteiger partial charge in [-0.25, -0.2) is 4.31 Å². The number of rotatable bonds is 9. The summed E-state index contributed by atoms with van der Waals surface area (Å²) in [5.74, 6) is 1.44. The Kier molecular flexibility index (Phi) is 8.39. The molecule has 0 aliphatic heterocycles. The molecule has 1 aromatic carbocycles. The lowest BCUT2D eigenvalue weighted by Crippen LogP contribution is -2.22. The lowest BCUT2D eigenvalue weighted by molar-refractivity contribution is 0.414. The van der Waals surface area contributed by atoms with Gasteiger partial charge in [0.25, 0.3) is 0 Å². The number of benzene rings is 1. The molecule has 0 aromatic heterocycles. The largest absolute Gasteiger partial charge is 0.497 e. The standard InChI is InChI=1S/C18H24ClNOS/c1-14(2)12-20(13-15(3)6-7-16(4)19)22-18-10-8-17(21-5)9-11-18/h6-11,14H,3-4,12-13H2,1-2,5H3/b7-6-. The van der Waals surface area contributed by atoms with Gasteiger partial charge in [0.2, 0.25) is 0 Å². The van der Waals surface area contributed by atoms with Crippen LogP contribution in [0.3, 0.4) is 0 Å². The fourth-order valence-electron chi connectivity index (χ4n) is 1.81. The molecule has 0 fully saturated rings. The molecule has 120 valence electrons. The quantitative estimate of drug-likeness (QED) is 0.434. The highest BCUT2D eigenvalue weighted by molar-refractivity contribution is 7.97. The van der Waals surface area contributed by atoms with Gasteiger partial charge in [0, 0.05) is 23.0 Å². The van der Waals surface area contributed by atoms with E-state index in [9.17, 15) is 0 Å². The van der Waals surface area contributed by atoms with Crippen LogP contribution in [0.2, 0.25) is 0 Å². The highest BCUT2D eigenvalue weighted by atomic mass is 35.5. The first-order chi connectivity index (χ1) is 10.4. The smallest absolute Gasteiger partial charge is 0.118 e. The van der Waals surface area contributed by atoms with E-state index in [1.54, 1.807) is 25.1 Å². The van der Waals surface area contributed by atoms with Crippen LogP contribution in [0.5, 0.6) is 5.75 Å². The summed E-state index contributed by atoms with van der Waals surface area (Å²) in [6, 6.07) is 8.08. The van der Waals surface area contributed by atoms with Gasteiger partial charge < -0.3 is 4.74 Å². The Morgan fingerprint density at radius 2 is 1.91 bits per heavy atom. The van der Waals surface area contributed by atoms with Crippen molar-refractivity contribution >= 4 is 23.5 Å². The predicted octanol–water partition coefficient (Wildman–Crippen LogP) is 5.53. The van der Waals surface area contributed by atoms with Crippen LogP contribution in [-0.2, 0) is 0 Å². The second-order valence-electron chi connectivity index (χ2n) is 5.42. The van der Waals surface area contributed by atoms with Crippen molar-refractivity contribution in [2.24, 2.45) is 5.92 Å². The van der Waals surface area contributed by atoms with Crippen molar-refractivity contribution in [3.63, 3.8) is 0 Å². The average Bonchev–Trinajstić information content (AvgIpc) is 2.45. The molecule has 22 heavy (non-hydrogen) atoms. The topological polar surface area (TPSA) is 12.5 Å². The molecular weight excluding hydrogens is 314 g/mol. The predicted molar refractivity (Wildman–Crippen MR) is 98.5 cm³/mol.